The van der Waals surface area contributed by atoms with Crippen molar-refractivity contribution in [1.29, 1.82) is 0 Å². The van der Waals surface area contributed by atoms with Crippen LogP contribution in [0.4, 0.5) is 0 Å². The topological polar surface area (TPSA) is 55.6 Å². The highest BCUT2D eigenvalue weighted by Gasteiger charge is 2.27. The lowest BCUT2D eigenvalue weighted by atomic mass is 10.1. The first-order valence-corrected chi connectivity index (χ1v) is 6.43. The average molecular weight is 248 g/mol. The summed E-state index contributed by atoms with van der Waals surface area (Å²) in [7, 11) is 0. The van der Waals surface area contributed by atoms with Crippen molar-refractivity contribution in [3.63, 3.8) is 0 Å². The van der Waals surface area contributed by atoms with Crippen LogP contribution in [-0.2, 0) is 9.53 Å². The van der Waals surface area contributed by atoms with Gasteiger partial charge in [-0.2, -0.15) is 0 Å². The molecule has 0 radical (unpaired) electrons. The van der Waals surface area contributed by atoms with Gasteiger partial charge in [-0.15, -0.1) is 0 Å². The molecule has 0 aliphatic carbocycles. The minimum absolute atomic E-state index is 0.0294. The number of ether oxygens (including phenoxy) is 1. The monoisotopic (exact) mass is 248 g/mol. The number of benzene rings is 1. The van der Waals surface area contributed by atoms with Crippen molar-refractivity contribution in [3.05, 3.63) is 35.9 Å². The first-order chi connectivity index (χ1) is 8.72. The summed E-state index contributed by atoms with van der Waals surface area (Å²) in [5, 5.41) is 0. The fourth-order valence-corrected chi connectivity index (χ4v) is 2.13. The van der Waals surface area contributed by atoms with Crippen LogP contribution in [0.1, 0.15) is 25.0 Å². The highest BCUT2D eigenvalue weighted by Crippen LogP contribution is 2.22. The number of amides is 1. The summed E-state index contributed by atoms with van der Waals surface area (Å²) in [5.74, 6) is 0.0294. The number of nitrogens with two attached hydrogens (primary N) is 1. The lowest BCUT2D eigenvalue weighted by molar-refractivity contribution is -0.140. The van der Waals surface area contributed by atoms with Gasteiger partial charge in [-0.3, -0.25) is 4.79 Å². The van der Waals surface area contributed by atoms with Gasteiger partial charge >= 0.3 is 0 Å². The summed E-state index contributed by atoms with van der Waals surface area (Å²) in [4.78, 5) is 13.9. The van der Waals surface area contributed by atoms with Crippen molar-refractivity contribution in [2.24, 2.45) is 5.73 Å². The second kappa shape index (κ2) is 5.98. The van der Waals surface area contributed by atoms with E-state index in [9.17, 15) is 4.79 Å². The molecule has 1 unspecified atom stereocenters. The normalized spacial score (nSPS) is 21.7. The maximum absolute atomic E-state index is 12.1. The van der Waals surface area contributed by atoms with E-state index in [-0.39, 0.29) is 18.1 Å². The van der Waals surface area contributed by atoms with Crippen LogP contribution in [-0.4, -0.2) is 36.5 Å². The minimum atomic E-state index is -0.389. The molecule has 2 atom stereocenters. The first-order valence-electron chi connectivity index (χ1n) is 6.43. The molecular formula is C14H20N2O2. The van der Waals surface area contributed by atoms with Crippen molar-refractivity contribution < 1.29 is 9.53 Å². The van der Waals surface area contributed by atoms with Gasteiger partial charge in [0.15, 0.2) is 0 Å². The van der Waals surface area contributed by atoms with Gasteiger partial charge in [0.05, 0.1) is 19.2 Å². The molecule has 1 heterocycles. The van der Waals surface area contributed by atoms with Gasteiger partial charge in [-0.25, -0.2) is 0 Å². The third-order valence-corrected chi connectivity index (χ3v) is 3.31. The molecule has 1 aliphatic heterocycles. The molecule has 1 aliphatic rings. The van der Waals surface area contributed by atoms with E-state index in [4.69, 9.17) is 10.5 Å². The molecule has 0 spiro atoms. The van der Waals surface area contributed by atoms with Crippen LogP contribution in [0.5, 0.6) is 0 Å². The lowest BCUT2D eigenvalue weighted by Gasteiger charge is -2.34. The molecule has 98 valence electrons. The molecular weight excluding hydrogens is 228 g/mol. The number of rotatable bonds is 3. The largest absolute Gasteiger partial charge is 0.370 e. The number of hydrogen-bond acceptors (Lipinski definition) is 3. The quantitative estimate of drug-likeness (QED) is 0.878. The molecule has 0 aromatic heterocycles. The van der Waals surface area contributed by atoms with Crippen molar-refractivity contribution in [2.75, 3.05) is 19.7 Å². The fraction of sp³-hybridized carbons (Fsp3) is 0.500. The van der Waals surface area contributed by atoms with Crippen LogP contribution in [0.3, 0.4) is 0 Å². The molecule has 2 N–H and O–H groups in total. The van der Waals surface area contributed by atoms with Crippen LogP contribution < -0.4 is 5.73 Å². The summed E-state index contributed by atoms with van der Waals surface area (Å²) in [6.45, 7) is 3.73. The van der Waals surface area contributed by atoms with Gasteiger partial charge in [0.2, 0.25) is 5.91 Å². The average Bonchev–Trinajstić information content (AvgIpc) is 2.46. The second-order valence-corrected chi connectivity index (χ2v) is 4.57. The Morgan fingerprint density at radius 2 is 2.22 bits per heavy atom. The highest BCUT2D eigenvalue weighted by molar-refractivity contribution is 5.81. The second-order valence-electron chi connectivity index (χ2n) is 4.57. The number of carbonyl (C=O) groups excluding carboxylic acids is 1. The Bertz CT molecular complexity index is 394. The van der Waals surface area contributed by atoms with Crippen LogP contribution >= 0.6 is 0 Å². The standard InChI is InChI=1S/C14H20N2O2/c1-2-12(15)14(17)16-8-9-18-13(10-16)11-6-4-3-5-7-11/h3-7,12-13H,2,8-10,15H2,1H3/t12-,13?/m1/s1. The predicted molar refractivity (Wildman–Crippen MR) is 70.0 cm³/mol. The van der Waals surface area contributed by atoms with E-state index < -0.39 is 0 Å². The zero-order valence-corrected chi connectivity index (χ0v) is 10.7. The summed E-state index contributed by atoms with van der Waals surface area (Å²) < 4.78 is 5.72. The van der Waals surface area contributed by atoms with Gasteiger partial charge < -0.3 is 15.4 Å². The van der Waals surface area contributed by atoms with Gasteiger partial charge in [0, 0.05) is 6.54 Å². The van der Waals surface area contributed by atoms with Crippen molar-refractivity contribution in [3.8, 4) is 0 Å². The molecule has 1 aromatic carbocycles. The molecule has 0 saturated carbocycles. The van der Waals surface area contributed by atoms with Gasteiger partial charge in [0.1, 0.15) is 6.10 Å². The summed E-state index contributed by atoms with van der Waals surface area (Å²) in [5.41, 5.74) is 6.91. The van der Waals surface area contributed by atoms with Crippen LogP contribution in [0.2, 0.25) is 0 Å². The van der Waals surface area contributed by atoms with E-state index >= 15 is 0 Å². The Morgan fingerprint density at radius 1 is 1.50 bits per heavy atom. The molecule has 18 heavy (non-hydrogen) atoms. The molecule has 2 rings (SSSR count). The predicted octanol–water partition coefficient (Wildman–Crippen LogP) is 1.32. The zero-order valence-electron chi connectivity index (χ0n) is 10.7. The van der Waals surface area contributed by atoms with Gasteiger partial charge in [-0.05, 0) is 12.0 Å². The summed E-state index contributed by atoms with van der Waals surface area (Å²) in [6.07, 6.45) is 0.639. The SMILES string of the molecule is CC[C@@H](N)C(=O)N1CCOC(c2ccccc2)C1. The van der Waals surface area contributed by atoms with E-state index in [1.54, 1.807) is 0 Å². The fourth-order valence-electron chi connectivity index (χ4n) is 2.13. The molecule has 0 bridgehead atoms. The molecule has 1 fully saturated rings. The van der Waals surface area contributed by atoms with E-state index in [1.165, 1.54) is 0 Å². The molecule has 4 nitrogen and oxygen atoms in total. The third-order valence-electron chi connectivity index (χ3n) is 3.31. The molecule has 1 saturated heterocycles. The first kappa shape index (κ1) is 13.1. The third kappa shape index (κ3) is 2.89. The molecule has 1 amide bonds. The Balaban J connectivity index is 2.03. The lowest BCUT2D eigenvalue weighted by Crippen LogP contribution is -2.49. The van der Waals surface area contributed by atoms with Crippen molar-refractivity contribution >= 4 is 5.91 Å². The number of carbonyl (C=O) groups is 1. The van der Waals surface area contributed by atoms with Crippen LogP contribution in [0.25, 0.3) is 0 Å². The minimum Gasteiger partial charge on any atom is -0.370 e. The smallest absolute Gasteiger partial charge is 0.239 e. The van der Waals surface area contributed by atoms with Crippen molar-refractivity contribution in [2.45, 2.75) is 25.5 Å². The number of morpholine rings is 1. The Labute approximate surface area is 108 Å². The van der Waals surface area contributed by atoms with Crippen molar-refractivity contribution in [1.82, 2.24) is 4.90 Å². The van der Waals surface area contributed by atoms with E-state index in [1.807, 2.05) is 42.2 Å². The maximum Gasteiger partial charge on any atom is 0.239 e. The molecule has 1 aromatic rings. The summed E-state index contributed by atoms with van der Waals surface area (Å²) >= 11 is 0. The highest BCUT2D eigenvalue weighted by atomic mass is 16.5. The van der Waals surface area contributed by atoms with Gasteiger partial charge in [0.25, 0.3) is 0 Å². The maximum atomic E-state index is 12.1. The van der Waals surface area contributed by atoms with E-state index in [0.717, 1.165) is 5.56 Å². The van der Waals surface area contributed by atoms with Crippen LogP contribution in [0.15, 0.2) is 30.3 Å². The zero-order chi connectivity index (χ0) is 13.0. The van der Waals surface area contributed by atoms with Gasteiger partial charge in [-0.1, -0.05) is 37.3 Å². The molecule has 4 heteroatoms. The number of nitrogens with zero attached hydrogens (tertiary/aromatic N) is 1. The van der Waals surface area contributed by atoms with Crippen LogP contribution in [0, 0.1) is 0 Å². The summed E-state index contributed by atoms with van der Waals surface area (Å²) in [6, 6.07) is 9.60. The Morgan fingerprint density at radius 3 is 2.89 bits per heavy atom. The number of hydrogen-bond donors (Lipinski definition) is 1. The van der Waals surface area contributed by atoms with E-state index in [2.05, 4.69) is 0 Å². The Kier molecular flexibility index (Phi) is 4.33. The van der Waals surface area contributed by atoms with E-state index in [0.29, 0.717) is 26.1 Å². The Hall–Kier alpha value is -1.39.